The first-order valence-corrected chi connectivity index (χ1v) is 7.32. The molecule has 110 valence electrons. The van der Waals surface area contributed by atoms with E-state index in [4.69, 9.17) is 4.74 Å². The number of morpholine rings is 1. The molecule has 0 aromatic carbocycles. The molecular weight excluding hydrogens is 278 g/mol. The van der Waals surface area contributed by atoms with E-state index in [2.05, 4.69) is 0 Å². The van der Waals surface area contributed by atoms with E-state index >= 15 is 0 Å². The highest BCUT2D eigenvalue weighted by molar-refractivity contribution is 7.10. The number of carboxylic acids is 1. The standard InChI is InChI=1S/C14H19NO4S/c1-8-5-6-20-12(8)10-11(13(17)18)19-7-9(16)15(10)14(2,3)4/h5-6,10-11H,7H2,1-4H3,(H,17,18). The molecule has 2 rings (SSSR count). The molecule has 20 heavy (non-hydrogen) atoms. The highest BCUT2D eigenvalue weighted by atomic mass is 32.1. The predicted octanol–water partition coefficient (Wildman–Crippen LogP) is 2.21. The molecule has 1 N–H and O–H groups in total. The van der Waals surface area contributed by atoms with Crippen LogP contribution in [0.3, 0.4) is 0 Å². The summed E-state index contributed by atoms with van der Waals surface area (Å²) in [5, 5.41) is 11.3. The van der Waals surface area contributed by atoms with Gasteiger partial charge < -0.3 is 14.7 Å². The summed E-state index contributed by atoms with van der Waals surface area (Å²) in [5.74, 6) is -1.21. The zero-order valence-electron chi connectivity index (χ0n) is 12.0. The molecule has 1 aliphatic heterocycles. The number of aryl methyl sites for hydroxylation is 1. The fourth-order valence-electron chi connectivity index (χ4n) is 2.55. The second-order valence-electron chi connectivity index (χ2n) is 5.92. The van der Waals surface area contributed by atoms with Crippen LogP contribution >= 0.6 is 11.3 Å². The van der Waals surface area contributed by atoms with E-state index in [-0.39, 0.29) is 12.5 Å². The highest BCUT2D eigenvalue weighted by Gasteiger charge is 2.46. The fourth-order valence-corrected chi connectivity index (χ4v) is 3.59. The Labute approximate surface area is 122 Å². The Balaban J connectivity index is 2.53. The molecule has 1 fully saturated rings. The van der Waals surface area contributed by atoms with Gasteiger partial charge in [0.25, 0.3) is 0 Å². The largest absolute Gasteiger partial charge is 0.479 e. The van der Waals surface area contributed by atoms with E-state index in [1.165, 1.54) is 11.3 Å². The van der Waals surface area contributed by atoms with Crippen LogP contribution in [0.4, 0.5) is 0 Å². The smallest absolute Gasteiger partial charge is 0.335 e. The van der Waals surface area contributed by atoms with Gasteiger partial charge in [0.05, 0.1) is 0 Å². The Morgan fingerprint density at radius 3 is 2.60 bits per heavy atom. The molecule has 0 radical (unpaired) electrons. The number of rotatable bonds is 2. The van der Waals surface area contributed by atoms with Gasteiger partial charge >= 0.3 is 5.97 Å². The van der Waals surface area contributed by atoms with Crippen molar-refractivity contribution in [3.8, 4) is 0 Å². The van der Waals surface area contributed by atoms with Crippen molar-refractivity contribution in [2.75, 3.05) is 6.61 Å². The van der Waals surface area contributed by atoms with E-state index in [0.29, 0.717) is 0 Å². The van der Waals surface area contributed by atoms with Crippen LogP contribution in [0.25, 0.3) is 0 Å². The summed E-state index contributed by atoms with van der Waals surface area (Å²) in [4.78, 5) is 26.3. The van der Waals surface area contributed by atoms with Crippen LogP contribution in [0, 0.1) is 6.92 Å². The van der Waals surface area contributed by atoms with Gasteiger partial charge in [-0.05, 0) is 44.7 Å². The molecule has 2 heterocycles. The number of ether oxygens (including phenoxy) is 1. The molecule has 1 saturated heterocycles. The Morgan fingerprint density at radius 1 is 1.50 bits per heavy atom. The summed E-state index contributed by atoms with van der Waals surface area (Å²) in [6.45, 7) is 7.46. The van der Waals surface area contributed by atoms with Gasteiger partial charge in [-0.25, -0.2) is 4.79 Å². The number of carbonyl (C=O) groups excluding carboxylic acids is 1. The number of carbonyl (C=O) groups is 2. The third kappa shape index (κ3) is 2.58. The van der Waals surface area contributed by atoms with Crippen molar-refractivity contribution in [3.05, 3.63) is 21.9 Å². The van der Waals surface area contributed by atoms with E-state index in [1.807, 2.05) is 39.1 Å². The number of amides is 1. The summed E-state index contributed by atoms with van der Waals surface area (Å²) in [6, 6.07) is 1.35. The lowest BCUT2D eigenvalue weighted by atomic mass is 9.95. The van der Waals surface area contributed by atoms with Gasteiger partial charge in [0.1, 0.15) is 12.6 Å². The van der Waals surface area contributed by atoms with Crippen molar-refractivity contribution in [2.45, 2.75) is 45.4 Å². The van der Waals surface area contributed by atoms with Crippen LogP contribution in [0.5, 0.6) is 0 Å². The van der Waals surface area contributed by atoms with Crippen LogP contribution in [0.15, 0.2) is 11.4 Å². The molecule has 0 spiro atoms. The van der Waals surface area contributed by atoms with Gasteiger partial charge in [-0.1, -0.05) is 0 Å². The summed E-state index contributed by atoms with van der Waals surface area (Å²) < 4.78 is 5.28. The topological polar surface area (TPSA) is 66.8 Å². The second-order valence-corrected chi connectivity index (χ2v) is 6.86. The lowest BCUT2D eigenvalue weighted by Crippen LogP contribution is -2.58. The Hall–Kier alpha value is -1.40. The quantitative estimate of drug-likeness (QED) is 0.909. The minimum atomic E-state index is -1.04. The number of carboxylic acid groups (broad SMARTS) is 1. The Kier molecular flexibility index (Phi) is 3.88. The summed E-state index contributed by atoms with van der Waals surface area (Å²) >= 11 is 1.46. The SMILES string of the molecule is Cc1ccsc1C1C(C(=O)O)OCC(=O)N1C(C)(C)C. The monoisotopic (exact) mass is 297 g/mol. The maximum absolute atomic E-state index is 12.2. The molecule has 0 aliphatic carbocycles. The van der Waals surface area contributed by atoms with Gasteiger partial charge in [-0.15, -0.1) is 11.3 Å². The molecule has 2 unspecified atom stereocenters. The average Bonchev–Trinajstić information content (AvgIpc) is 2.72. The molecule has 0 bridgehead atoms. The van der Waals surface area contributed by atoms with Crippen molar-refractivity contribution in [3.63, 3.8) is 0 Å². The van der Waals surface area contributed by atoms with Crippen LogP contribution < -0.4 is 0 Å². The lowest BCUT2D eigenvalue weighted by molar-refractivity contribution is -0.179. The molecule has 0 saturated carbocycles. The van der Waals surface area contributed by atoms with Crippen molar-refractivity contribution in [2.24, 2.45) is 0 Å². The van der Waals surface area contributed by atoms with Crippen LogP contribution in [0.1, 0.15) is 37.3 Å². The van der Waals surface area contributed by atoms with Crippen LogP contribution in [-0.2, 0) is 14.3 Å². The number of hydrogen-bond acceptors (Lipinski definition) is 4. The minimum Gasteiger partial charge on any atom is -0.479 e. The second kappa shape index (κ2) is 5.18. The predicted molar refractivity (Wildman–Crippen MR) is 75.8 cm³/mol. The van der Waals surface area contributed by atoms with Gasteiger partial charge in [-0.3, -0.25) is 4.79 Å². The van der Waals surface area contributed by atoms with Crippen LogP contribution in [-0.4, -0.2) is 40.1 Å². The van der Waals surface area contributed by atoms with E-state index in [1.54, 1.807) is 4.90 Å². The average molecular weight is 297 g/mol. The molecule has 1 aliphatic rings. The molecule has 1 aromatic heterocycles. The Morgan fingerprint density at radius 2 is 2.15 bits per heavy atom. The molecule has 1 amide bonds. The first-order valence-electron chi connectivity index (χ1n) is 6.44. The minimum absolute atomic E-state index is 0.173. The highest BCUT2D eigenvalue weighted by Crippen LogP contribution is 2.39. The van der Waals surface area contributed by atoms with Crippen molar-refractivity contribution >= 4 is 23.2 Å². The first-order chi connectivity index (χ1) is 9.23. The zero-order chi connectivity index (χ0) is 15.1. The van der Waals surface area contributed by atoms with E-state index < -0.39 is 23.7 Å². The number of nitrogens with zero attached hydrogens (tertiary/aromatic N) is 1. The molecule has 6 heteroatoms. The van der Waals surface area contributed by atoms with Gasteiger partial charge in [0.15, 0.2) is 6.10 Å². The van der Waals surface area contributed by atoms with Crippen molar-refractivity contribution in [1.29, 1.82) is 0 Å². The summed E-state index contributed by atoms with van der Waals surface area (Å²) in [5.41, 5.74) is 0.522. The summed E-state index contributed by atoms with van der Waals surface area (Å²) in [6.07, 6.45) is -1.02. The van der Waals surface area contributed by atoms with Crippen molar-refractivity contribution in [1.82, 2.24) is 4.90 Å². The molecular formula is C14H19NO4S. The molecule has 5 nitrogen and oxygen atoms in total. The van der Waals surface area contributed by atoms with Crippen LogP contribution in [0.2, 0.25) is 0 Å². The normalized spacial score (nSPS) is 24.0. The van der Waals surface area contributed by atoms with Gasteiger partial charge in [0.2, 0.25) is 5.91 Å². The number of thiophene rings is 1. The molecule has 2 atom stereocenters. The van der Waals surface area contributed by atoms with Gasteiger partial charge in [0, 0.05) is 10.4 Å². The fraction of sp³-hybridized carbons (Fsp3) is 0.571. The third-order valence-electron chi connectivity index (χ3n) is 3.36. The number of hydrogen-bond donors (Lipinski definition) is 1. The lowest BCUT2D eigenvalue weighted by Gasteiger charge is -2.46. The number of aliphatic carboxylic acids is 1. The summed E-state index contributed by atoms with van der Waals surface area (Å²) in [7, 11) is 0. The Bertz CT molecular complexity index is 532. The molecule has 1 aromatic rings. The maximum atomic E-state index is 12.2. The van der Waals surface area contributed by atoms with E-state index in [9.17, 15) is 14.7 Å². The third-order valence-corrected chi connectivity index (χ3v) is 4.45. The zero-order valence-corrected chi connectivity index (χ0v) is 12.9. The first kappa shape index (κ1) is 15.0. The maximum Gasteiger partial charge on any atom is 0.335 e. The van der Waals surface area contributed by atoms with E-state index in [0.717, 1.165) is 10.4 Å². The van der Waals surface area contributed by atoms with Crippen molar-refractivity contribution < 1.29 is 19.4 Å². The van der Waals surface area contributed by atoms with Gasteiger partial charge in [-0.2, -0.15) is 0 Å².